The van der Waals surface area contributed by atoms with E-state index in [1.165, 1.54) is 0 Å². The Labute approximate surface area is 41.6 Å². The lowest BCUT2D eigenvalue weighted by molar-refractivity contribution is 1.09. The third-order valence-corrected chi connectivity index (χ3v) is 0.665. The third-order valence-electron chi connectivity index (χ3n) is 0.665. The second-order valence-corrected chi connectivity index (χ2v) is 1.13. The van der Waals surface area contributed by atoms with Crippen molar-refractivity contribution in [3.8, 4) is 12.3 Å². The van der Waals surface area contributed by atoms with Gasteiger partial charge in [0, 0.05) is 6.20 Å². The molecule has 1 rings (SSSR count). The molecule has 1 N–H and O–H groups in total. The van der Waals surface area contributed by atoms with Gasteiger partial charge in [-0.2, -0.15) is 5.10 Å². The van der Waals surface area contributed by atoms with E-state index in [9.17, 15) is 0 Å². The highest BCUT2D eigenvalue weighted by Gasteiger charge is 1.79. The van der Waals surface area contributed by atoms with Crippen LogP contribution in [0.5, 0.6) is 0 Å². The number of rotatable bonds is 0. The number of aromatic amines is 1. The zero-order valence-electron chi connectivity index (χ0n) is 3.68. The monoisotopic (exact) mass is 92.0 g/mol. The molecule has 0 fully saturated rings. The average molecular weight is 92.1 g/mol. The summed E-state index contributed by atoms with van der Waals surface area (Å²) in [4.78, 5) is 0. The van der Waals surface area contributed by atoms with Crippen LogP contribution in [0.4, 0.5) is 0 Å². The summed E-state index contributed by atoms with van der Waals surface area (Å²) >= 11 is 0. The molecule has 0 aromatic carbocycles. The summed E-state index contributed by atoms with van der Waals surface area (Å²) in [5.41, 5.74) is 0.792. The molecule has 0 aliphatic rings. The van der Waals surface area contributed by atoms with Crippen molar-refractivity contribution in [2.24, 2.45) is 0 Å². The van der Waals surface area contributed by atoms with E-state index in [4.69, 9.17) is 6.42 Å². The van der Waals surface area contributed by atoms with E-state index >= 15 is 0 Å². The van der Waals surface area contributed by atoms with Gasteiger partial charge in [-0.15, -0.1) is 6.42 Å². The number of H-pyrrole nitrogens is 1. The second-order valence-electron chi connectivity index (χ2n) is 1.13. The largest absolute Gasteiger partial charge is 0.284 e. The average Bonchev–Trinajstić information content (AvgIpc) is 2.14. The fourth-order valence-corrected chi connectivity index (χ4v) is 0.330. The van der Waals surface area contributed by atoms with Crippen LogP contribution >= 0.6 is 0 Å². The molecule has 0 amide bonds. The third kappa shape index (κ3) is 0.606. The number of nitrogens with one attached hydrogen (secondary N) is 1. The Morgan fingerprint density at radius 1 is 1.86 bits per heavy atom. The molecule has 0 bridgehead atoms. The number of nitrogens with zero attached hydrogens (tertiary/aromatic N) is 1. The molecule has 0 saturated carbocycles. The summed E-state index contributed by atoms with van der Waals surface area (Å²) in [6, 6.07) is 0. The smallest absolute Gasteiger partial charge is 0.0644 e. The predicted octanol–water partition coefficient (Wildman–Crippen LogP) is 0.391. The van der Waals surface area contributed by atoms with Crippen LogP contribution in [0.15, 0.2) is 12.4 Å². The topological polar surface area (TPSA) is 28.7 Å². The maximum atomic E-state index is 4.98. The molecule has 1 aromatic heterocycles. The van der Waals surface area contributed by atoms with Crippen molar-refractivity contribution in [2.45, 2.75) is 0 Å². The molecule has 1 heterocycles. The molecular formula is C5H4N2. The van der Waals surface area contributed by atoms with Crippen LogP contribution in [-0.2, 0) is 0 Å². The van der Waals surface area contributed by atoms with Gasteiger partial charge >= 0.3 is 0 Å². The summed E-state index contributed by atoms with van der Waals surface area (Å²) in [7, 11) is 0. The van der Waals surface area contributed by atoms with E-state index in [0.717, 1.165) is 5.56 Å². The molecule has 2 heteroatoms. The van der Waals surface area contributed by atoms with Crippen molar-refractivity contribution in [2.75, 3.05) is 0 Å². The standard InChI is InChI=1S/C5H4N2/c1-2-5-3-6-7-4-5/h1,3-4H,(H,6,7). The van der Waals surface area contributed by atoms with Gasteiger partial charge in [0.15, 0.2) is 0 Å². The summed E-state index contributed by atoms with van der Waals surface area (Å²) in [6.07, 6.45) is 8.25. The number of aromatic nitrogens is 2. The van der Waals surface area contributed by atoms with Crippen molar-refractivity contribution >= 4 is 0 Å². The summed E-state index contributed by atoms with van der Waals surface area (Å²) in [5.74, 6) is 2.41. The van der Waals surface area contributed by atoms with E-state index in [1.54, 1.807) is 12.4 Å². The summed E-state index contributed by atoms with van der Waals surface area (Å²) < 4.78 is 0. The first-order chi connectivity index (χ1) is 3.43. The minimum atomic E-state index is 0.792. The first kappa shape index (κ1) is 3.94. The van der Waals surface area contributed by atoms with E-state index in [-0.39, 0.29) is 0 Å². The molecular weight excluding hydrogens is 88.1 g/mol. The Morgan fingerprint density at radius 3 is 3.00 bits per heavy atom. The van der Waals surface area contributed by atoms with Gasteiger partial charge in [0.25, 0.3) is 0 Å². The van der Waals surface area contributed by atoms with Crippen LogP contribution in [0.25, 0.3) is 0 Å². The lowest BCUT2D eigenvalue weighted by Gasteiger charge is -1.64. The lowest BCUT2D eigenvalue weighted by atomic mass is 10.4. The molecule has 0 atom stereocenters. The molecule has 0 saturated heterocycles. The highest BCUT2D eigenvalue weighted by atomic mass is 15.1. The van der Waals surface area contributed by atoms with Gasteiger partial charge in [0.05, 0.1) is 11.8 Å². The van der Waals surface area contributed by atoms with Crippen molar-refractivity contribution in [3.05, 3.63) is 18.0 Å². The molecule has 0 aliphatic carbocycles. The summed E-state index contributed by atoms with van der Waals surface area (Å²) in [6.45, 7) is 0. The van der Waals surface area contributed by atoms with E-state index < -0.39 is 0 Å². The van der Waals surface area contributed by atoms with Gasteiger partial charge in [-0.3, -0.25) is 5.10 Å². The molecule has 2 nitrogen and oxygen atoms in total. The second kappa shape index (κ2) is 1.48. The van der Waals surface area contributed by atoms with Crippen molar-refractivity contribution in [1.82, 2.24) is 10.2 Å². The zero-order valence-corrected chi connectivity index (χ0v) is 3.68. The Hall–Kier alpha value is -1.23. The van der Waals surface area contributed by atoms with Crippen LogP contribution < -0.4 is 0 Å². The van der Waals surface area contributed by atoms with Gasteiger partial charge in [-0.05, 0) is 0 Å². The predicted molar refractivity (Wildman–Crippen MR) is 26.5 cm³/mol. The van der Waals surface area contributed by atoms with Crippen molar-refractivity contribution in [1.29, 1.82) is 0 Å². The first-order valence-corrected chi connectivity index (χ1v) is 1.89. The number of terminal acetylenes is 1. The Kier molecular flexibility index (Phi) is 0.833. The van der Waals surface area contributed by atoms with Crippen LogP contribution in [-0.4, -0.2) is 10.2 Å². The number of hydrogen-bond donors (Lipinski definition) is 1. The highest BCUT2D eigenvalue weighted by molar-refractivity contribution is 5.25. The maximum absolute atomic E-state index is 4.98. The Bertz CT molecular complexity index is 168. The highest BCUT2D eigenvalue weighted by Crippen LogP contribution is 1.85. The van der Waals surface area contributed by atoms with E-state index in [1.807, 2.05) is 0 Å². The first-order valence-electron chi connectivity index (χ1n) is 1.89. The Morgan fingerprint density at radius 2 is 2.71 bits per heavy atom. The van der Waals surface area contributed by atoms with E-state index in [0.29, 0.717) is 0 Å². The Balaban J connectivity index is 3.04. The van der Waals surface area contributed by atoms with Crippen LogP contribution in [0.2, 0.25) is 0 Å². The quantitative estimate of drug-likeness (QED) is 0.461. The molecule has 7 heavy (non-hydrogen) atoms. The molecule has 1 aromatic rings. The normalized spacial score (nSPS) is 7.86. The minimum Gasteiger partial charge on any atom is -0.284 e. The molecule has 0 spiro atoms. The van der Waals surface area contributed by atoms with E-state index in [2.05, 4.69) is 16.1 Å². The lowest BCUT2D eigenvalue weighted by Crippen LogP contribution is -1.56. The minimum absolute atomic E-state index is 0.792. The van der Waals surface area contributed by atoms with Crippen molar-refractivity contribution < 1.29 is 0 Å². The molecule has 0 radical (unpaired) electrons. The van der Waals surface area contributed by atoms with Crippen molar-refractivity contribution in [3.63, 3.8) is 0 Å². The van der Waals surface area contributed by atoms with Crippen LogP contribution in [0, 0.1) is 12.3 Å². The van der Waals surface area contributed by atoms with Gasteiger partial charge in [-0.25, -0.2) is 0 Å². The number of hydrogen-bond acceptors (Lipinski definition) is 1. The molecule has 0 aliphatic heterocycles. The molecule has 34 valence electrons. The van der Waals surface area contributed by atoms with Gasteiger partial charge in [0.2, 0.25) is 0 Å². The van der Waals surface area contributed by atoms with Crippen LogP contribution in [0.3, 0.4) is 0 Å². The summed E-state index contributed by atoms with van der Waals surface area (Å²) in [5, 5.41) is 6.21. The van der Waals surface area contributed by atoms with Crippen LogP contribution in [0.1, 0.15) is 5.56 Å². The maximum Gasteiger partial charge on any atom is 0.0644 e. The van der Waals surface area contributed by atoms with Gasteiger partial charge in [-0.1, -0.05) is 5.92 Å². The SMILES string of the molecule is C#Cc1cn[nH]c1. The fraction of sp³-hybridized carbons (Fsp3) is 0. The van der Waals surface area contributed by atoms with Gasteiger partial charge < -0.3 is 0 Å². The fourth-order valence-electron chi connectivity index (χ4n) is 0.330. The molecule has 0 unspecified atom stereocenters. The zero-order chi connectivity index (χ0) is 5.11. The van der Waals surface area contributed by atoms with Gasteiger partial charge in [0.1, 0.15) is 0 Å².